The van der Waals surface area contributed by atoms with Crippen LogP contribution in [0.4, 0.5) is 23.2 Å². The topological polar surface area (TPSA) is 12.0 Å². The van der Waals surface area contributed by atoms with Gasteiger partial charge in [0, 0.05) is 18.2 Å². The van der Waals surface area contributed by atoms with E-state index in [2.05, 4.69) is 5.32 Å². The zero-order valence-electron chi connectivity index (χ0n) is 10.1. The first-order valence-corrected chi connectivity index (χ1v) is 5.61. The highest BCUT2D eigenvalue weighted by Gasteiger charge is 2.11. The molecular formula is C14H11F4N. The van der Waals surface area contributed by atoms with E-state index in [-0.39, 0.29) is 23.4 Å². The average molecular weight is 269 g/mol. The maximum absolute atomic E-state index is 13.5. The highest BCUT2D eigenvalue weighted by molar-refractivity contribution is 5.47. The molecule has 0 saturated carbocycles. The average Bonchev–Trinajstić information content (AvgIpc) is 2.34. The standard InChI is InChI=1S/C14H11F4N/c1-8-5-13(18)14(6-12(8)17)19-7-9-10(15)3-2-4-11(9)16/h2-6,19H,7H2,1H3. The first kappa shape index (κ1) is 13.4. The molecule has 0 aliphatic heterocycles. The van der Waals surface area contributed by atoms with Crippen LogP contribution >= 0.6 is 0 Å². The minimum atomic E-state index is -0.736. The van der Waals surface area contributed by atoms with Crippen LogP contribution in [0.2, 0.25) is 0 Å². The molecule has 0 unspecified atom stereocenters. The quantitative estimate of drug-likeness (QED) is 0.825. The van der Waals surface area contributed by atoms with E-state index < -0.39 is 23.3 Å². The van der Waals surface area contributed by atoms with Crippen molar-refractivity contribution in [1.29, 1.82) is 0 Å². The lowest BCUT2D eigenvalue weighted by Crippen LogP contribution is -2.06. The largest absolute Gasteiger partial charge is 0.378 e. The molecule has 2 rings (SSSR count). The third kappa shape index (κ3) is 2.86. The third-order valence-corrected chi connectivity index (χ3v) is 2.77. The number of anilines is 1. The lowest BCUT2D eigenvalue weighted by molar-refractivity contribution is 0.558. The molecule has 1 nitrogen and oxygen atoms in total. The summed E-state index contributed by atoms with van der Waals surface area (Å²) in [7, 11) is 0. The summed E-state index contributed by atoms with van der Waals surface area (Å²) in [5.41, 5.74) is -0.186. The number of nitrogens with one attached hydrogen (secondary N) is 1. The van der Waals surface area contributed by atoms with Crippen LogP contribution in [-0.2, 0) is 6.54 Å². The molecule has 0 fully saturated rings. The van der Waals surface area contributed by atoms with E-state index >= 15 is 0 Å². The SMILES string of the molecule is Cc1cc(F)c(NCc2c(F)cccc2F)cc1F. The Kier molecular flexibility index (Phi) is 3.74. The van der Waals surface area contributed by atoms with Gasteiger partial charge in [0.15, 0.2) is 0 Å². The molecule has 100 valence electrons. The van der Waals surface area contributed by atoms with Gasteiger partial charge in [-0.2, -0.15) is 0 Å². The summed E-state index contributed by atoms with van der Waals surface area (Å²) in [6.07, 6.45) is 0. The molecule has 0 saturated heterocycles. The molecule has 0 atom stereocenters. The Morgan fingerprint density at radius 2 is 1.53 bits per heavy atom. The number of rotatable bonds is 3. The highest BCUT2D eigenvalue weighted by Crippen LogP contribution is 2.20. The Morgan fingerprint density at radius 1 is 0.895 bits per heavy atom. The fourth-order valence-corrected chi connectivity index (χ4v) is 1.67. The molecular weight excluding hydrogens is 258 g/mol. The molecule has 19 heavy (non-hydrogen) atoms. The minimum absolute atomic E-state index is 0.134. The summed E-state index contributed by atoms with van der Waals surface area (Å²) in [6.45, 7) is 1.16. The van der Waals surface area contributed by atoms with Crippen molar-refractivity contribution in [3.05, 3.63) is 64.7 Å². The van der Waals surface area contributed by atoms with Gasteiger partial charge in [0.25, 0.3) is 0 Å². The van der Waals surface area contributed by atoms with Gasteiger partial charge in [-0.3, -0.25) is 0 Å². The molecule has 0 radical (unpaired) electrons. The molecule has 0 bridgehead atoms. The molecule has 5 heteroatoms. The summed E-state index contributed by atoms with van der Waals surface area (Å²) in [4.78, 5) is 0. The maximum atomic E-state index is 13.5. The van der Waals surface area contributed by atoms with Crippen LogP contribution < -0.4 is 5.32 Å². The maximum Gasteiger partial charge on any atom is 0.146 e. The van der Waals surface area contributed by atoms with E-state index in [0.29, 0.717) is 0 Å². The molecule has 0 amide bonds. The minimum Gasteiger partial charge on any atom is -0.378 e. The third-order valence-electron chi connectivity index (χ3n) is 2.77. The molecule has 0 aliphatic carbocycles. The van der Waals surface area contributed by atoms with Crippen molar-refractivity contribution in [2.24, 2.45) is 0 Å². The number of hydrogen-bond acceptors (Lipinski definition) is 1. The predicted octanol–water partition coefficient (Wildman–Crippen LogP) is 4.16. The van der Waals surface area contributed by atoms with Crippen molar-refractivity contribution >= 4 is 5.69 Å². The Bertz CT molecular complexity index is 590. The van der Waals surface area contributed by atoms with Crippen LogP contribution in [0.25, 0.3) is 0 Å². The van der Waals surface area contributed by atoms with Crippen LogP contribution in [-0.4, -0.2) is 0 Å². The van der Waals surface area contributed by atoms with Crippen LogP contribution in [0.3, 0.4) is 0 Å². The molecule has 0 heterocycles. The zero-order valence-corrected chi connectivity index (χ0v) is 10.1. The summed E-state index contributed by atoms with van der Waals surface area (Å²) >= 11 is 0. The second kappa shape index (κ2) is 5.30. The zero-order chi connectivity index (χ0) is 14.0. The summed E-state index contributed by atoms with van der Waals surface area (Å²) in [5, 5.41) is 2.48. The Balaban J connectivity index is 2.22. The molecule has 0 spiro atoms. The van der Waals surface area contributed by atoms with Gasteiger partial charge >= 0.3 is 0 Å². The lowest BCUT2D eigenvalue weighted by atomic mass is 10.1. The Morgan fingerprint density at radius 3 is 2.16 bits per heavy atom. The molecule has 2 aromatic rings. The van der Waals surface area contributed by atoms with Crippen LogP contribution in [0.1, 0.15) is 11.1 Å². The van der Waals surface area contributed by atoms with E-state index in [0.717, 1.165) is 24.3 Å². The van der Waals surface area contributed by atoms with Gasteiger partial charge in [0.1, 0.15) is 23.3 Å². The second-order valence-corrected chi connectivity index (χ2v) is 4.14. The summed E-state index contributed by atoms with van der Waals surface area (Å²) < 4.78 is 53.5. The monoisotopic (exact) mass is 269 g/mol. The molecule has 0 aromatic heterocycles. The predicted molar refractivity (Wildman–Crippen MR) is 64.8 cm³/mol. The van der Waals surface area contributed by atoms with E-state index in [4.69, 9.17) is 0 Å². The second-order valence-electron chi connectivity index (χ2n) is 4.14. The van der Waals surface area contributed by atoms with E-state index in [1.807, 2.05) is 0 Å². The van der Waals surface area contributed by atoms with Crippen molar-refractivity contribution in [2.45, 2.75) is 13.5 Å². The molecule has 1 N–H and O–H groups in total. The van der Waals surface area contributed by atoms with Gasteiger partial charge in [-0.25, -0.2) is 17.6 Å². The van der Waals surface area contributed by atoms with E-state index in [1.54, 1.807) is 0 Å². The molecule has 0 aliphatic rings. The Labute approximate surface area is 107 Å². The van der Waals surface area contributed by atoms with Crippen molar-refractivity contribution in [3.63, 3.8) is 0 Å². The van der Waals surface area contributed by atoms with Gasteiger partial charge in [-0.15, -0.1) is 0 Å². The van der Waals surface area contributed by atoms with Crippen molar-refractivity contribution in [2.75, 3.05) is 5.32 Å². The summed E-state index contributed by atoms with van der Waals surface area (Å²) in [6, 6.07) is 5.43. The van der Waals surface area contributed by atoms with E-state index in [9.17, 15) is 17.6 Å². The lowest BCUT2D eigenvalue weighted by Gasteiger charge is -2.10. The number of aryl methyl sites for hydroxylation is 1. The number of hydrogen-bond donors (Lipinski definition) is 1. The van der Waals surface area contributed by atoms with Crippen LogP contribution in [0, 0.1) is 30.2 Å². The fraction of sp³-hybridized carbons (Fsp3) is 0.143. The highest BCUT2D eigenvalue weighted by atomic mass is 19.1. The summed E-state index contributed by atoms with van der Waals surface area (Å²) in [5.74, 6) is -2.73. The van der Waals surface area contributed by atoms with Gasteiger partial charge in [0.05, 0.1) is 5.69 Å². The number of benzene rings is 2. The number of halogens is 4. The van der Waals surface area contributed by atoms with Crippen LogP contribution in [0.15, 0.2) is 30.3 Å². The Hall–Kier alpha value is -2.04. The smallest absolute Gasteiger partial charge is 0.146 e. The van der Waals surface area contributed by atoms with Gasteiger partial charge in [-0.05, 0) is 30.7 Å². The van der Waals surface area contributed by atoms with Crippen molar-refractivity contribution in [3.8, 4) is 0 Å². The normalized spacial score (nSPS) is 10.6. The first-order chi connectivity index (χ1) is 8.99. The van der Waals surface area contributed by atoms with Gasteiger partial charge in [-0.1, -0.05) is 6.07 Å². The van der Waals surface area contributed by atoms with Gasteiger partial charge < -0.3 is 5.32 Å². The van der Waals surface area contributed by atoms with Gasteiger partial charge in [0.2, 0.25) is 0 Å². The molecule has 2 aromatic carbocycles. The van der Waals surface area contributed by atoms with Crippen LogP contribution in [0.5, 0.6) is 0 Å². The first-order valence-electron chi connectivity index (χ1n) is 5.61. The van der Waals surface area contributed by atoms with Crippen molar-refractivity contribution in [1.82, 2.24) is 0 Å². The fourth-order valence-electron chi connectivity index (χ4n) is 1.67. The van der Waals surface area contributed by atoms with Crippen molar-refractivity contribution < 1.29 is 17.6 Å². The van der Waals surface area contributed by atoms with E-state index in [1.165, 1.54) is 13.0 Å².